The van der Waals surface area contributed by atoms with Crippen molar-refractivity contribution in [2.45, 2.75) is 52.0 Å². The molecule has 1 N–H and O–H groups in total. The van der Waals surface area contributed by atoms with Crippen LogP contribution in [-0.4, -0.2) is 27.2 Å². The molecule has 7 heteroatoms. The van der Waals surface area contributed by atoms with E-state index in [1.54, 1.807) is 0 Å². The Hall–Kier alpha value is -1.92. The third-order valence-electron chi connectivity index (χ3n) is 6.54. The van der Waals surface area contributed by atoms with Crippen molar-refractivity contribution >= 4 is 11.6 Å². The van der Waals surface area contributed by atoms with Gasteiger partial charge in [-0.15, -0.1) is 0 Å². The smallest absolute Gasteiger partial charge is 0.306 e. The Balaban J connectivity index is 1.32. The van der Waals surface area contributed by atoms with Gasteiger partial charge in [0.1, 0.15) is 12.4 Å². The molecule has 5 rings (SSSR count). The molecule has 4 fully saturated rings. The highest BCUT2D eigenvalue weighted by molar-refractivity contribution is 5.78. The van der Waals surface area contributed by atoms with Gasteiger partial charge in [-0.1, -0.05) is 6.92 Å². The lowest BCUT2D eigenvalue weighted by atomic mass is 9.49. The fourth-order valence-corrected chi connectivity index (χ4v) is 5.87. The molecule has 4 bridgehead atoms. The summed E-state index contributed by atoms with van der Waals surface area (Å²) in [6.45, 7) is 3.00. The van der Waals surface area contributed by atoms with Crippen LogP contribution in [0.4, 0.5) is 5.69 Å². The van der Waals surface area contributed by atoms with Crippen LogP contribution >= 0.6 is 0 Å². The molecule has 0 unspecified atom stereocenters. The first kappa shape index (κ1) is 16.5. The van der Waals surface area contributed by atoms with E-state index in [0.717, 1.165) is 24.3 Å². The molecule has 25 heavy (non-hydrogen) atoms. The number of carbonyl (C=O) groups excluding carboxylic acids is 1. The number of aromatic nitrogens is 2. The Labute approximate surface area is 147 Å². The van der Waals surface area contributed by atoms with E-state index >= 15 is 0 Å². The Kier molecular flexibility index (Phi) is 4.04. The number of amides is 1. The van der Waals surface area contributed by atoms with Gasteiger partial charge >= 0.3 is 5.69 Å². The molecular weight excluding hydrogens is 320 g/mol. The van der Waals surface area contributed by atoms with Crippen molar-refractivity contribution in [1.29, 1.82) is 0 Å². The lowest BCUT2D eigenvalue weighted by Crippen LogP contribution is -2.51. The molecule has 4 aliphatic rings. The zero-order valence-electron chi connectivity index (χ0n) is 14.7. The van der Waals surface area contributed by atoms with Crippen molar-refractivity contribution in [3.8, 4) is 0 Å². The highest BCUT2D eigenvalue weighted by atomic mass is 16.6. The summed E-state index contributed by atoms with van der Waals surface area (Å²) >= 11 is 0. The lowest BCUT2D eigenvalue weighted by Gasteiger charge is -2.57. The summed E-state index contributed by atoms with van der Waals surface area (Å²) in [6.07, 6.45) is 10.6. The summed E-state index contributed by atoms with van der Waals surface area (Å²) in [6, 6.07) is 0. The Morgan fingerprint density at radius 1 is 1.36 bits per heavy atom. The molecule has 1 atom stereocenters. The first-order valence-corrected chi connectivity index (χ1v) is 9.37. The minimum Gasteiger partial charge on any atom is -0.355 e. The number of nitro groups is 1. The number of rotatable bonds is 6. The van der Waals surface area contributed by atoms with Gasteiger partial charge in [0.15, 0.2) is 0 Å². The molecule has 0 spiro atoms. The minimum absolute atomic E-state index is 0.0221. The van der Waals surface area contributed by atoms with E-state index in [0.29, 0.717) is 12.0 Å². The van der Waals surface area contributed by atoms with E-state index in [-0.39, 0.29) is 17.5 Å². The van der Waals surface area contributed by atoms with Crippen LogP contribution in [-0.2, 0) is 11.3 Å². The zero-order chi connectivity index (χ0) is 17.6. The van der Waals surface area contributed by atoms with Gasteiger partial charge in [-0.05, 0) is 61.7 Å². The van der Waals surface area contributed by atoms with Crippen LogP contribution in [0.2, 0.25) is 0 Å². The van der Waals surface area contributed by atoms with Crippen LogP contribution in [0.1, 0.15) is 45.4 Å². The van der Waals surface area contributed by atoms with Crippen LogP contribution in [0.3, 0.4) is 0 Å². The topological polar surface area (TPSA) is 90.1 Å². The second-order valence-electron chi connectivity index (χ2n) is 8.71. The highest BCUT2D eigenvalue weighted by Gasteiger charge is 2.50. The van der Waals surface area contributed by atoms with Gasteiger partial charge in [-0.3, -0.25) is 19.6 Å². The molecule has 0 radical (unpaired) electrons. The predicted octanol–water partition coefficient (Wildman–Crippen LogP) is 2.76. The molecule has 0 aliphatic heterocycles. The molecule has 1 heterocycles. The van der Waals surface area contributed by atoms with Crippen LogP contribution < -0.4 is 5.32 Å². The molecule has 0 saturated heterocycles. The SMILES string of the molecule is C[C@H](Cn1cc([N+](=O)[O-])cn1)C(=O)NCC12CC3CC(CC(C3)C1)C2. The molecule has 7 nitrogen and oxygen atoms in total. The largest absolute Gasteiger partial charge is 0.355 e. The molecule has 4 aliphatic carbocycles. The number of hydrogen-bond donors (Lipinski definition) is 1. The van der Waals surface area contributed by atoms with E-state index in [2.05, 4.69) is 10.4 Å². The summed E-state index contributed by atoms with van der Waals surface area (Å²) in [4.78, 5) is 22.7. The van der Waals surface area contributed by atoms with Crippen molar-refractivity contribution in [3.63, 3.8) is 0 Å². The monoisotopic (exact) mass is 346 g/mol. The Bertz CT molecular complexity index is 648. The minimum atomic E-state index is -0.471. The van der Waals surface area contributed by atoms with Crippen molar-refractivity contribution < 1.29 is 9.72 Å². The van der Waals surface area contributed by atoms with E-state index in [1.165, 1.54) is 55.6 Å². The van der Waals surface area contributed by atoms with E-state index in [9.17, 15) is 14.9 Å². The molecule has 1 amide bonds. The van der Waals surface area contributed by atoms with Gasteiger partial charge in [0, 0.05) is 6.54 Å². The summed E-state index contributed by atoms with van der Waals surface area (Å²) in [5.74, 6) is 2.41. The Morgan fingerprint density at radius 2 is 1.96 bits per heavy atom. The maximum atomic E-state index is 12.5. The van der Waals surface area contributed by atoms with Crippen LogP contribution in [0.5, 0.6) is 0 Å². The fourth-order valence-electron chi connectivity index (χ4n) is 5.87. The van der Waals surface area contributed by atoms with Gasteiger partial charge in [0.05, 0.1) is 17.4 Å². The summed E-state index contributed by atoms with van der Waals surface area (Å²) in [5, 5.41) is 17.9. The summed E-state index contributed by atoms with van der Waals surface area (Å²) < 4.78 is 1.48. The van der Waals surface area contributed by atoms with Gasteiger partial charge in [-0.2, -0.15) is 5.10 Å². The van der Waals surface area contributed by atoms with Gasteiger partial charge in [-0.25, -0.2) is 0 Å². The van der Waals surface area contributed by atoms with E-state index in [4.69, 9.17) is 0 Å². The van der Waals surface area contributed by atoms with Crippen LogP contribution in [0, 0.1) is 39.2 Å². The summed E-state index contributed by atoms with van der Waals surface area (Å²) in [7, 11) is 0. The first-order chi connectivity index (χ1) is 11.9. The average molecular weight is 346 g/mol. The second kappa shape index (κ2) is 6.11. The number of nitrogens with zero attached hydrogens (tertiary/aromatic N) is 3. The van der Waals surface area contributed by atoms with E-state index < -0.39 is 4.92 Å². The third kappa shape index (κ3) is 3.28. The summed E-state index contributed by atoms with van der Waals surface area (Å²) in [5.41, 5.74) is 0.287. The van der Waals surface area contributed by atoms with Gasteiger partial charge < -0.3 is 5.32 Å². The standard InChI is InChI=1S/C18H26N4O3/c1-12(9-21-10-16(8-20-21)22(24)25)17(23)19-11-18-5-13-2-14(6-18)4-15(3-13)7-18/h8,10,12-15H,2-7,9,11H2,1H3,(H,19,23)/t12-,13?,14?,15?,18?/m1/s1. The Morgan fingerprint density at radius 3 is 2.48 bits per heavy atom. The quantitative estimate of drug-likeness (QED) is 0.633. The zero-order valence-corrected chi connectivity index (χ0v) is 14.7. The second-order valence-corrected chi connectivity index (χ2v) is 8.71. The van der Waals surface area contributed by atoms with Crippen LogP contribution in [0.15, 0.2) is 12.4 Å². The molecule has 1 aromatic rings. The number of nitrogens with one attached hydrogen (secondary N) is 1. The maximum Gasteiger partial charge on any atom is 0.306 e. The van der Waals surface area contributed by atoms with Crippen molar-refractivity contribution in [3.05, 3.63) is 22.5 Å². The normalized spacial score (nSPS) is 34.0. The predicted molar refractivity (Wildman–Crippen MR) is 91.7 cm³/mol. The highest BCUT2D eigenvalue weighted by Crippen LogP contribution is 2.59. The third-order valence-corrected chi connectivity index (χ3v) is 6.54. The molecule has 4 saturated carbocycles. The van der Waals surface area contributed by atoms with Crippen molar-refractivity contribution in [1.82, 2.24) is 15.1 Å². The molecule has 136 valence electrons. The molecule has 1 aromatic heterocycles. The fraction of sp³-hybridized carbons (Fsp3) is 0.778. The van der Waals surface area contributed by atoms with E-state index in [1.807, 2.05) is 6.92 Å². The van der Waals surface area contributed by atoms with Crippen LogP contribution in [0.25, 0.3) is 0 Å². The van der Waals surface area contributed by atoms with Gasteiger partial charge in [0.25, 0.3) is 0 Å². The average Bonchev–Trinajstić information content (AvgIpc) is 3.00. The lowest BCUT2D eigenvalue weighted by molar-refractivity contribution is -0.385. The number of carbonyl (C=O) groups is 1. The first-order valence-electron chi connectivity index (χ1n) is 9.37. The molecular formula is C18H26N4O3. The number of hydrogen-bond acceptors (Lipinski definition) is 4. The van der Waals surface area contributed by atoms with Gasteiger partial charge in [0.2, 0.25) is 5.91 Å². The molecule has 0 aromatic carbocycles. The van der Waals surface area contributed by atoms with Crippen molar-refractivity contribution in [2.75, 3.05) is 6.54 Å². The van der Waals surface area contributed by atoms with Crippen molar-refractivity contribution in [2.24, 2.45) is 29.1 Å². The maximum absolute atomic E-state index is 12.5.